The molecule has 0 fully saturated rings. The zero-order valence-electron chi connectivity index (χ0n) is 6.75. The molecule has 1 aromatic carbocycles. The number of hydrogen-bond acceptors (Lipinski definition) is 3. The number of carbonyl (C=O) groups is 1. The highest BCUT2D eigenvalue weighted by Gasteiger charge is 1.99. The summed E-state index contributed by atoms with van der Waals surface area (Å²) in [5.41, 5.74) is 3.07. The minimum atomic E-state index is -0.281. The monoisotopic (exact) mass is 200 g/mol. The van der Waals surface area contributed by atoms with Crippen molar-refractivity contribution in [1.29, 1.82) is 0 Å². The quantitative estimate of drug-likeness (QED) is 0.514. The summed E-state index contributed by atoms with van der Waals surface area (Å²) in [6, 6.07) is 6.65. The molecule has 1 aromatic rings. The van der Waals surface area contributed by atoms with Crippen molar-refractivity contribution < 1.29 is 10.0 Å². The van der Waals surface area contributed by atoms with Crippen LogP contribution in [0.3, 0.4) is 0 Å². The molecule has 0 atom stereocenters. The highest BCUT2D eigenvalue weighted by molar-refractivity contribution is 6.29. The number of alkyl halides is 1. The number of rotatable bonds is 3. The van der Waals surface area contributed by atoms with Crippen LogP contribution in [0.15, 0.2) is 24.3 Å². The Labute approximate surface area is 80.5 Å². The lowest BCUT2D eigenvalue weighted by molar-refractivity contribution is -0.113. The second-order valence-corrected chi connectivity index (χ2v) is 2.64. The topological polar surface area (TPSA) is 61.4 Å². The molecule has 13 heavy (non-hydrogen) atoms. The summed E-state index contributed by atoms with van der Waals surface area (Å²) in [6.07, 6.45) is 0. The van der Waals surface area contributed by atoms with Gasteiger partial charge in [-0.3, -0.25) is 15.5 Å². The summed E-state index contributed by atoms with van der Waals surface area (Å²) in [4.78, 5) is 10.9. The molecule has 70 valence electrons. The molecule has 3 N–H and O–H groups in total. The van der Waals surface area contributed by atoms with E-state index in [0.29, 0.717) is 11.4 Å². The molecule has 4 nitrogen and oxygen atoms in total. The van der Waals surface area contributed by atoms with Crippen molar-refractivity contribution >= 4 is 28.9 Å². The summed E-state index contributed by atoms with van der Waals surface area (Å²) >= 11 is 5.30. The van der Waals surface area contributed by atoms with Gasteiger partial charge in [-0.25, -0.2) is 0 Å². The molecule has 0 bridgehead atoms. The Morgan fingerprint density at radius 1 is 1.46 bits per heavy atom. The average molecular weight is 201 g/mol. The third-order valence-corrected chi connectivity index (χ3v) is 1.64. The van der Waals surface area contributed by atoms with Gasteiger partial charge in [-0.15, -0.1) is 11.6 Å². The predicted octanol–water partition coefficient (Wildman–Crippen LogP) is 1.66. The summed E-state index contributed by atoms with van der Waals surface area (Å²) in [7, 11) is 0. The number of carbonyl (C=O) groups excluding carboxylic acids is 1. The van der Waals surface area contributed by atoms with Crippen molar-refractivity contribution in [2.24, 2.45) is 0 Å². The number of hydrogen-bond donors (Lipinski definition) is 3. The first kappa shape index (κ1) is 9.83. The van der Waals surface area contributed by atoms with E-state index in [1.165, 1.54) is 0 Å². The van der Waals surface area contributed by atoms with E-state index >= 15 is 0 Å². The first-order valence-electron chi connectivity index (χ1n) is 3.62. The zero-order valence-corrected chi connectivity index (χ0v) is 7.51. The molecule has 0 aliphatic heterocycles. The Balaban J connectivity index is 2.71. The maximum absolute atomic E-state index is 10.9. The highest BCUT2D eigenvalue weighted by atomic mass is 35.5. The fraction of sp³-hybridized carbons (Fsp3) is 0.125. The number of halogens is 1. The minimum Gasteiger partial charge on any atom is -0.325 e. The molecule has 0 heterocycles. The summed E-state index contributed by atoms with van der Waals surface area (Å²) < 4.78 is 0. The van der Waals surface area contributed by atoms with Gasteiger partial charge in [-0.2, -0.15) is 0 Å². The van der Waals surface area contributed by atoms with Crippen LogP contribution in [-0.2, 0) is 4.79 Å². The van der Waals surface area contributed by atoms with Crippen LogP contribution in [-0.4, -0.2) is 17.0 Å². The maximum atomic E-state index is 10.9. The van der Waals surface area contributed by atoms with Gasteiger partial charge in [0.05, 0.1) is 5.69 Å². The number of amides is 1. The van der Waals surface area contributed by atoms with Crippen LogP contribution in [0, 0.1) is 0 Å². The second-order valence-electron chi connectivity index (χ2n) is 2.37. The van der Waals surface area contributed by atoms with Crippen molar-refractivity contribution in [3.8, 4) is 0 Å². The Kier molecular flexibility index (Phi) is 3.54. The lowest BCUT2D eigenvalue weighted by atomic mass is 10.3. The lowest BCUT2D eigenvalue weighted by Gasteiger charge is -2.04. The van der Waals surface area contributed by atoms with Crippen molar-refractivity contribution in [1.82, 2.24) is 0 Å². The van der Waals surface area contributed by atoms with Gasteiger partial charge >= 0.3 is 0 Å². The molecule has 1 rings (SSSR count). The molecular formula is C8H9ClN2O2. The standard InChI is InChI=1S/C8H9ClN2O2/c9-5-8(12)10-6-2-1-3-7(4-6)11-13/h1-4,11,13H,5H2,(H,10,12). The molecular weight excluding hydrogens is 192 g/mol. The summed E-state index contributed by atoms with van der Waals surface area (Å²) in [6.45, 7) is 0. The van der Waals surface area contributed by atoms with Crippen molar-refractivity contribution in [2.45, 2.75) is 0 Å². The van der Waals surface area contributed by atoms with E-state index in [9.17, 15) is 4.79 Å². The molecule has 0 saturated heterocycles. The van der Waals surface area contributed by atoms with E-state index in [0.717, 1.165) is 0 Å². The second kappa shape index (κ2) is 4.69. The summed E-state index contributed by atoms with van der Waals surface area (Å²) in [5.74, 6) is -0.367. The minimum absolute atomic E-state index is 0.0865. The van der Waals surface area contributed by atoms with Gasteiger partial charge < -0.3 is 5.32 Å². The normalized spacial score (nSPS) is 9.38. The van der Waals surface area contributed by atoms with E-state index in [-0.39, 0.29) is 11.8 Å². The van der Waals surface area contributed by atoms with E-state index in [2.05, 4.69) is 5.32 Å². The molecule has 5 heteroatoms. The van der Waals surface area contributed by atoms with Crippen LogP contribution in [0.2, 0.25) is 0 Å². The molecule has 0 aliphatic carbocycles. The number of nitrogens with one attached hydrogen (secondary N) is 2. The van der Waals surface area contributed by atoms with Crippen LogP contribution < -0.4 is 10.8 Å². The van der Waals surface area contributed by atoms with Gasteiger partial charge in [0.15, 0.2) is 0 Å². The first-order valence-corrected chi connectivity index (χ1v) is 4.15. The summed E-state index contributed by atoms with van der Waals surface area (Å²) in [5, 5.41) is 11.1. The third-order valence-electron chi connectivity index (χ3n) is 1.40. The van der Waals surface area contributed by atoms with Gasteiger partial charge in [0.25, 0.3) is 0 Å². The van der Waals surface area contributed by atoms with Gasteiger partial charge in [0.1, 0.15) is 5.88 Å². The van der Waals surface area contributed by atoms with Gasteiger partial charge in [0, 0.05) is 5.69 Å². The van der Waals surface area contributed by atoms with E-state index in [1.807, 2.05) is 5.48 Å². The highest BCUT2D eigenvalue weighted by Crippen LogP contribution is 2.13. The smallest absolute Gasteiger partial charge is 0.239 e. The fourth-order valence-electron chi connectivity index (χ4n) is 0.861. The van der Waals surface area contributed by atoms with Gasteiger partial charge in [-0.1, -0.05) is 6.07 Å². The van der Waals surface area contributed by atoms with Crippen LogP contribution in [0.1, 0.15) is 0 Å². The van der Waals surface area contributed by atoms with E-state index in [4.69, 9.17) is 16.8 Å². The van der Waals surface area contributed by atoms with Gasteiger partial charge in [0.2, 0.25) is 5.91 Å². The predicted molar refractivity (Wildman–Crippen MR) is 51.2 cm³/mol. The number of anilines is 2. The first-order chi connectivity index (χ1) is 6.26. The zero-order chi connectivity index (χ0) is 9.68. The maximum Gasteiger partial charge on any atom is 0.239 e. The van der Waals surface area contributed by atoms with Crippen LogP contribution in [0.5, 0.6) is 0 Å². The average Bonchev–Trinajstić information content (AvgIpc) is 2.18. The van der Waals surface area contributed by atoms with Crippen molar-refractivity contribution in [3.05, 3.63) is 24.3 Å². The van der Waals surface area contributed by atoms with E-state index in [1.54, 1.807) is 24.3 Å². The molecule has 0 spiro atoms. The Bertz CT molecular complexity index is 304. The van der Waals surface area contributed by atoms with Crippen LogP contribution in [0.25, 0.3) is 0 Å². The fourth-order valence-corrected chi connectivity index (χ4v) is 0.928. The van der Waals surface area contributed by atoms with Crippen molar-refractivity contribution in [2.75, 3.05) is 16.7 Å². The van der Waals surface area contributed by atoms with Crippen LogP contribution in [0.4, 0.5) is 11.4 Å². The molecule has 0 aromatic heterocycles. The Morgan fingerprint density at radius 2 is 2.15 bits per heavy atom. The largest absolute Gasteiger partial charge is 0.325 e. The SMILES string of the molecule is O=C(CCl)Nc1cccc(NO)c1. The van der Waals surface area contributed by atoms with E-state index < -0.39 is 0 Å². The molecule has 0 unspecified atom stereocenters. The lowest BCUT2D eigenvalue weighted by Crippen LogP contribution is -2.12. The van der Waals surface area contributed by atoms with Gasteiger partial charge in [-0.05, 0) is 18.2 Å². The molecule has 1 amide bonds. The third kappa shape index (κ3) is 2.93. The molecule has 0 aliphatic rings. The Morgan fingerprint density at radius 3 is 2.77 bits per heavy atom. The van der Waals surface area contributed by atoms with Crippen molar-refractivity contribution in [3.63, 3.8) is 0 Å². The van der Waals surface area contributed by atoms with Crippen LogP contribution >= 0.6 is 11.6 Å². The molecule has 0 saturated carbocycles. The number of benzene rings is 1. The Hall–Kier alpha value is -1.26. The molecule has 0 radical (unpaired) electrons.